The molecule has 0 aromatic carbocycles. The van der Waals surface area contributed by atoms with Crippen LogP contribution in [0.25, 0.3) is 0 Å². The van der Waals surface area contributed by atoms with Gasteiger partial charge in [0, 0.05) is 26.3 Å². The second-order valence-electron chi connectivity index (χ2n) is 2.27. The Balaban J connectivity index is 3.34. The summed E-state index contributed by atoms with van der Waals surface area (Å²) in [5, 5.41) is 11.5. The zero-order chi connectivity index (χ0) is 9.23. The van der Waals surface area contributed by atoms with Gasteiger partial charge in [-0.05, 0) is 13.8 Å². The van der Waals surface area contributed by atoms with Crippen LogP contribution in [-0.2, 0) is 9.47 Å². The van der Waals surface area contributed by atoms with Gasteiger partial charge in [-0.15, -0.1) is 0 Å². The lowest BCUT2D eigenvalue weighted by Crippen LogP contribution is -2.33. The molecule has 2 N–H and O–H groups in total. The average molecular weight is 177 g/mol. The fraction of sp³-hybridized carbons (Fsp3) is 1.00. The fourth-order valence-corrected chi connectivity index (χ4v) is 0.837. The highest BCUT2D eigenvalue weighted by molar-refractivity contribution is 4.50. The Bertz CT molecular complexity index is 84.4. The molecule has 74 valence electrons. The van der Waals surface area contributed by atoms with E-state index in [1.165, 1.54) is 0 Å². The highest BCUT2D eigenvalue weighted by Gasteiger charge is 2.05. The first-order valence-electron chi connectivity index (χ1n) is 4.39. The molecule has 0 aromatic rings. The fourth-order valence-electron chi connectivity index (χ4n) is 0.837. The minimum absolute atomic E-state index is 0.144. The summed E-state index contributed by atoms with van der Waals surface area (Å²) < 4.78 is 10.5. The van der Waals surface area contributed by atoms with E-state index in [9.17, 15) is 0 Å². The molecule has 0 aliphatic heterocycles. The van der Waals surface area contributed by atoms with E-state index in [1.54, 1.807) is 0 Å². The molecule has 0 atom stereocenters. The number of hydrogen-bond donors (Lipinski definition) is 2. The number of nitrogens with one attached hydrogen (secondary N) is 1. The Labute approximate surface area is 73.9 Å². The minimum atomic E-state index is -0.188. The average Bonchev–Trinajstić information content (AvgIpc) is 2.06. The van der Waals surface area contributed by atoms with Gasteiger partial charge in [0.1, 0.15) is 0 Å². The lowest BCUT2D eigenvalue weighted by Gasteiger charge is -2.16. The molecule has 0 aliphatic rings. The van der Waals surface area contributed by atoms with Crippen LogP contribution in [-0.4, -0.2) is 44.3 Å². The van der Waals surface area contributed by atoms with Crippen LogP contribution in [0.3, 0.4) is 0 Å². The Morgan fingerprint density at radius 3 is 2.25 bits per heavy atom. The molecule has 0 amide bonds. The second kappa shape index (κ2) is 8.93. The molecule has 0 saturated carbocycles. The van der Waals surface area contributed by atoms with E-state index in [4.69, 9.17) is 14.6 Å². The van der Waals surface area contributed by atoms with Crippen molar-refractivity contribution in [1.29, 1.82) is 0 Å². The van der Waals surface area contributed by atoms with Gasteiger partial charge in [0.05, 0.1) is 6.61 Å². The molecule has 0 aromatic heterocycles. The summed E-state index contributed by atoms with van der Waals surface area (Å²) in [5.74, 6) is 0. The normalized spacial score (nSPS) is 11.0. The van der Waals surface area contributed by atoms with Crippen LogP contribution in [0.2, 0.25) is 0 Å². The Kier molecular flexibility index (Phi) is 8.81. The van der Waals surface area contributed by atoms with Crippen LogP contribution in [0, 0.1) is 0 Å². The van der Waals surface area contributed by atoms with Crippen molar-refractivity contribution >= 4 is 0 Å². The molecule has 4 nitrogen and oxygen atoms in total. The predicted octanol–water partition coefficient (Wildman–Crippen LogP) is -0.0326. The SMILES string of the molecule is CCOC(CNCCO)OCC. The summed E-state index contributed by atoms with van der Waals surface area (Å²) in [7, 11) is 0. The minimum Gasteiger partial charge on any atom is -0.395 e. The number of aliphatic hydroxyl groups excluding tert-OH is 1. The van der Waals surface area contributed by atoms with E-state index in [-0.39, 0.29) is 12.9 Å². The van der Waals surface area contributed by atoms with Crippen molar-refractivity contribution < 1.29 is 14.6 Å². The molecule has 0 bridgehead atoms. The Hall–Kier alpha value is -0.160. The first-order chi connectivity index (χ1) is 5.85. The maximum absolute atomic E-state index is 8.49. The van der Waals surface area contributed by atoms with Gasteiger partial charge in [-0.3, -0.25) is 0 Å². The Morgan fingerprint density at radius 1 is 1.25 bits per heavy atom. The van der Waals surface area contributed by atoms with Crippen molar-refractivity contribution in [3.8, 4) is 0 Å². The maximum Gasteiger partial charge on any atom is 0.169 e. The van der Waals surface area contributed by atoms with Crippen LogP contribution in [0.1, 0.15) is 13.8 Å². The van der Waals surface area contributed by atoms with E-state index in [0.717, 1.165) is 0 Å². The van der Waals surface area contributed by atoms with Crippen molar-refractivity contribution in [3.63, 3.8) is 0 Å². The monoisotopic (exact) mass is 177 g/mol. The van der Waals surface area contributed by atoms with E-state index in [0.29, 0.717) is 26.3 Å². The van der Waals surface area contributed by atoms with Gasteiger partial charge in [-0.2, -0.15) is 0 Å². The molecule has 4 heteroatoms. The lowest BCUT2D eigenvalue weighted by molar-refractivity contribution is -0.132. The largest absolute Gasteiger partial charge is 0.395 e. The number of rotatable bonds is 8. The van der Waals surface area contributed by atoms with Crippen LogP contribution >= 0.6 is 0 Å². The third kappa shape index (κ3) is 6.54. The quantitative estimate of drug-likeness (QED) is 0.404. The summed E-state index contributed by atoms with van der Waals surface area (Å²) in [6.45, 7) is 6.50. The molecule has 0 heterocycles. The molecule has 12 heavy (non-hydrogen) atoms. The third-order valence-corrected chi connectivity index (χ3v) is 1.30. The summed E-state index contributed by atoms with van der Waals surface area (Å²) >= 11 is 0. The van der Waals surface area contributed by atoms with Crippen LogP contribution in [0.5, 0.6) is 0 Å². The van der Waals surface area contributed by atoms with Crippen LogP contribution in [0.15, 0.2) is 0 Å². The molecule has 0 radical (unpaired) electrons. The third-order valence-electron chi connectivity index (χ3n) is 1.30. The first-order valence-corrected chi connectivity index (χ1v) is 4.39. The molecule has 0 unspecified atom stereocenters. The topological polar surface area (TPSA) is 50.7 Å². The summed E-state index contributed by atoms with van der Waals surface area (Å²) in [6, 6.07) is 0. The van der Waals surface area contributed by atoms with Crippen molar-refractivity contribution in [3.05, 3.63) is 0 Å². The zero-order valence-electron chi connectivity index (χ0n) is 7.88. The standard InChI is InChI=1S/C8H19NO3/c1-3-11-8(12-4-2)7-9-5-6-10/h8-10H,3-7H2,1-2H3. The number of ether oxygens (including phenoxy) is 2. The molecule has 0 aliphatic carbocycles. The molecular weight excluding hydrogens is 158 g/mol. The van der Waals surface area contributed by atoms with Gasteiger partial charge >= 0.3 is 0 Å². The van der Waals surface area contributed by atoms with E-state index in [1.807, 2.05) is 13.8 Å². The van der Waals surface area contributed by atoms with Crippen molar-refractivity contribution in [2.75, 3.05) is 32.9 Å². The molecule has 0 fully saturated rings. The number of aliphatic hydroxyl groups is 1. The highest BCUT2D eigenvalue weighted by Crippen LogP contribution is 1.92. The van der Waals surface area contributed by atoms with E-state index >= 15 is 0 Å². The van der Waals surface area contributed by atoms with Crippen molar-refractivity contribution in [2.24, 2.45) is 0 Å². The van der Waals surface area contributed by atoms with Gasteiger partial charge in [-0.25, -0.2) is 0 Å². The summed E-state index contributed by atoms with van der Waals surface area (Å²) in [4.78, 5) is 0. The van der Waals surface area contributed by atoms with Gasteiger partial charge < -0.3 is 19.9 Å². The van der Waals surface area contributed by atoms with Gasteiger partial charge in [0.15, 0.2) is 6.29 Å². The summed E-state index contributed by atoms with van der Waals surface area (Å²) in [5.41, 5.74) is 0. The van der Waals surface area contributed by atoms with E-state index < -0.39 is 0 Å². The first kappa shape index (κ1) is 11.8. The zero-order valence-corrected chi connectivity index (χ0v) is 7.88. The number of hydrogen-bond acceptors (Lipinski definition) is 4. The molecule has 0 rings (SSSR count). The van der Waals surface area contributed by atoms with Gasteiger partial charge in [0.25, 0.3) is 0 Å². The second-order valence-corrected chi connectivity index (χ2v) is 2.27. The van der Waals surface area contributed by atoms with Crippen LogP contribution in [0.4, 0.5) is 0 Å². The highest BCUT2D eigenvalue weighted by atomic mass is 16.7. The van der Waals surface area contributed by atoms with Crippen LogP contribution < -0.4 is 5.32 Å². The maximum atomic E-state index is 8.49. The van der Waals surface area contributed by atoms with E-state index in [2.05, 4.69) is 5.32 Å². The van der Waals surface area contributed by atoms with Crippen molar-refractivity contribution in [1.82, 2.24) is 5.32 Å². The molecular formula is C8H19NO3. The van der Waals surface area contributed by atoms with Gasteiger partial charge in [-0.1, -0.05) is 0 Å². The van der Waals surface area contributed by atoms with Crippen molar-refractivity contribution in [2.45, 2.75) is 20.1 Å². The van der Waals surface area contributed by atoms with Gasteiger partial charge in [0.2, 0.25) is 0 Å². The predicted molar refractivity (Wildman–Crippen MR) is 47.0 cm³/mol. The molecule has 0 spiro atoms. The molecule has 0 saturated heterocycles. The Morgan fingerprint density at radius 2 is 1.83 bits per heavy atom. The smallest absolute Gasteiger partial charge is 0.169 e. The lowest BCUT2D eigenvalue weighted by atomic mass is 10.5. The summed E-state index contributed by atoms with van der Waals surface area (Å²) in [6.07, 6.45) is -0.188.